The molecule has 1 aromatic carbocycles. The molecule has 6 nitrogen and oxygen atoms in total. The van der Waals surface area contributed by atoms with E-state index in [0.717, 1.165) is 18.4 Å². The summed E-state index contributed by atoms with van der Waals surface area (Å²) in [6.45, 7) is 1.85. The number of carboxylic acid groups (broad SMARTS) is 1. The SMILES string of the molecule is COc1ccc(OC)c([C@H](C)NC(=O)[C@@H]2CCCC[C@H]2C(=O)O)c1. The van der Waals surface area contributed by atoms with Crippen molar-refractivity contribution in [3.8, 4) is 11.5 Å². The standard InChI is InChI=1S/C18H25NO5/c1-11(15-10-12(23-2)8-9-16(15)24-3)19-17(20)13-6-4-5-7-14(13)18(21)22/h8-11,13-14H,4-7H2,1-3H3,(H,19,20)(H,21,22)/t11-,13+,14+/m0/s1. The minimum absolute atomic E-state index is 0.209. The maximum Gasteiger partial charge on any atom is 0.307 e. The summed E-state index contributed by atoms with van der Waals surface area (Å²) in [5.74, 6) is -0.843. The van der Waals surface area contributed by atoms with Crippen LogP contribution in [0.15, 0.2) is 18.2 Å². The van der Waals surface area contributed by atoms with Crippen LogP contribution in [-0.2, 0) is 9.59 Å². The molecule has 0 aliphatic heterocycles. The lowest BCUT2D eigenvalue weighted by Gasteiger charge is -2.29. The van der Waals surface area contributed by atoms with E-state index in [9.17, 15) is 14.7 Å². The van der Waals surface area contributed by atoms with Crippen molar-refractivity contribution in [3.05, 3.63) is 23.8 Å². The molecule has 1 aliphatic rings. The van der Waals surface area contributed by atoms with Gasteiger partial charge in [0.2, 0.25) is 5.91 Å². The second-order valence-electron chi connectivity index (χ2n) is 6.17. The highest BCUT2D eigenvalue weighted by Gasteiger charge is 2.36. The number of aliphatic carboxylic acids is 1. The first-order chi connectivity index (χ1) is 11.5. The number of carbonyl (C=O) groups is 2. The monoisotopic (exact) mass is 335 g/mol. The number of methoxy groups -OCH3 is 2. The first-order valence-electron chi connectivity index (χ1n) is 8.23. The largest absolute Gasteiger partial charge is 0.497 e. The van der Waals surface area contributed by atoms with E-state index in [4.69, 9.17) is 9.47 Å². The van der Waals surface area contributed by atoms with E-state index in [1.54, 1.807) is 26.4 Å². The number of rotatable bonds is 6. The summed E-state index contributed by atoms with van der Waals surface area (Å²) in [5, 5.41) is 12.3. The number of carbonyl (C=O) groups excluding carboxylic acids is 1. The van der Waals surface area contributed by atoms with Crippen LogP contribution in [0.2, 0.25) is 0 Å². The third-order valence-corrected chi connectivity index (χ3v) is 4.68. The molecule has 0 unspecified atom stereocenters. The van der Waals surface area contributed by atoms with Gasteiger partial charge >= 0.3 is 5.97 Å². The smallest absolute Gasteiger partial charge is 0.307 e. The van der Waals surface area contributed by atoms with Crippen LogP contribution in [0.5, 0.6) is 11.5 Å². The van der Waals surface area contributed by atoms with Crippen LogP contribution in [0.1, 0.15) is 44.2 Å². The number of benzene rings is 1. The molecular formula is C18H25NO5. The summed E-state index contributed by atoms with van der Waals surface area (Å²) >= 11 is 0. The Kier molecular flexibility index (Phi) is 6.06. The topological polar surface area (TPSA) is 84.9 Å². The average Bonchev–Trinajstić information content (AvgIpc) is 2.60. The van der Waals surface area contributed by atoms with Gasteiger partial charge in [-0.3, -0.25) is 9.59 Å². The molecule has 24 heavy (non-hydrogen) atoms. The zero-order valence-corrected chi connectivity index (χ0v) is 14.4. The average molecular weight is 335 g/mol. The van der Waals surface area contributed by atoms with E-state index in [-0.39, 0.29) is 11.9 Å². The quantitative estimate of drug-likeness (QED) is 0.835. The highest BCUT2D eigenvalue weighted by molar-refractivity contribution is 5.85. The van der Waals surface area contributed by atoms with E-state index >= 15 is 0 Å². The van der Waals surface area contributed by atoms with Crippen LogP contribution in [-0.4, -0.2) is 31.2 Å². The van der Waals surface area contributed by atoms with Crippen molar-refractivity contribution in [3.63, 3.8) is 0 Å². The number of ether oxygens (including phenoxy) is 2. The van der Waals surface area contributed by atoms with Crippen LogP contribution in [0.4, 0.5) is 0 Å². The summed E-state index contributed by atoms with van der Waals surface area (Å²) in [6.07, 6.45) is 2.92. The molecule has 1 aliphatic carbocycles. The van der Waals surface area contributed by atoms with Crippen LogP contribution >= 0.6 is 0 Å². The van der Waals surface area contributed by atoms with Gasteiger partial charge in [0.05, 0.1) is 32.1 Å². The molecular weight excluding hydrogens is 310 g/mol. The van der Waals surface area contributed by atoms with Crippen molar-refractivity contribution >= 4 is 11.9 Å². The molecule has 1 aromatic rings. The minimum atomic E-state index is -0.888. The molecule has 0 spiro atoms. The van der Waals surface area contributed by atoms with Crippen molar-refractivity contribution in [2.75, 3.05) is 14.2 Å². The fraction of sp³-hybridized carbons (Fsp3) is 0.556. The Hall–Kier alpha value is -2.24. The molecule has 0 bridgehead atoms. The van der Waals surface area contributed by atoms with Gasteiger partial charge in [0.15, 0.2) is 0 Å². The maximum atomic E-state index is 12.6. The van der Waals surface area contributed by atoms with E-state index in [2.05, 4.69) is 5.32 Å². The third-order valence-electron chi connectivity index (χ3n) is 4.68. The summed E-state index contributed by atoms with van der Waals surface area (Å²) < 4.78 is 10.6. The Morgan fingerprint density at radius 3 is 2.42 bits per heavy atom. The molecule has 0 radical (unpaired) electrons. The summed E-state index contributed by atoms with van der Waals surface area (Å²) in [7, 11) is 3.15. The van der Waals surface area contributed by atoms with E-state index in [1.807, 2.05) is 13.0 Å². The lowest BCUT2D eigenvalue weighted by molar-refractivity contribution is -0.149. The third kappa shape index (κ3) is 3.99. The van der Waals surface area contributed by atoms with Gasteiger partial charge in [-0.05, 0) is 38.0 Å². The fourth-order valence-corrected chi connectivity index (χ4v) is 3.32. The zero-order valence-electron chi connectivity index (χ0n) is 14.4. The molecule has 6 heteroatoms. The van der Waals surface area contributed by atoms with Crippen molar-refractivity contribution < 1.29 is 24.2 Å². The molecule has 0 aromatic heterocycles. The van der Waals surface area contributed by atoms with Gasteiger partial charge in [0.1, 0.15) is 11.5 Å². The second kappa shape index (κ2) is 8.04. The van der Waals surface area contributed by atoms with Gasteiger partial charge in [-0.25, -0.2) is 0 Å². The zero-order chi connectivity index (χ0) is 17.7. The van der Waals surface area contributed by atoms with Crippen molar-refractivity contribution in [2.24, 2.45) is 11.8 Å². The number of nitrogens with one attached hydrogen (secondary N) is 1. The van der Waals surface area contributed by atoms with Gasteiger partial charge in [-0.15, -0.1) is 0 Å². The Bertz CT molecular complexity index is 601. The van der Waals surface area contributed by atoms with E-state index in [1.165, 1.54) is 0 Å². The Labute approximate surface area is 142 Å². The Morgan fingerprint density at radius 2 is 1.83 bits per heavy atom. The molecule has 1 amide bonds. The maximum absolute atomic E-state index is 12.6. The lowest BCUT2D eigenvalue weighted by atomic mass is 9.78. The predicted octanol–water partition coefficient (Wildman–Crippen LogP) is 2.77. The molecule has 1 saturated carbocycles. The van der Waals surface area contributed by atoms with Gasteiger partial charge < -0.3 is 19.9 Å². The number of carboxylic acids is 1. The number of amides is 1. The molecule has 3 atom stereocenters. The predicted molar refractivity (Wildman–Crippen MR) is 89.2 cm³/mol. The summed E-state index contributed by atoms with van der Waals surface area (Å²) in [5.41, 5.74) is 0.799. The van der Waals surface area contributed by atoms with Crippen LogP contribution in [0.25, 0.3) is 0 Å². The van der Waals surface area contributed by atoms with Crippen molar-refractivity contribution in [1.82, 2.24) is 5.32 Å². The van der Waals surface area contributed by atoms with Crippen molar-refractivity contribution in [2.45, 2.75) is 38.6 Å². The molecule has 0 saturated heterocycles. The molecule has 2 rings (SSSR count). The molecule has 1 fully saturated rings. The fourth-order valence-electron chi connectivity index (χ4n) is 3.32. The first-order valence-corrected chi connectivity index (χ1v) is 8.23. The van der Waals surface area contributed by atoms with Crippen molar-refractivity contribution in [1.29, 1.82) is 0 Å². The molecule has 0 heterocycles. The molecule has 2 N–H and O–H groups in total. The first kappa shape index (κ1) is 18.1. The number of hydrogen-bond acceptors (Lipinski definition) is 4. The highest BCUT2D eigenvalue weighted by Crippen LogP contribution is 2.33. The highest BCUT2D eigenvalue weighted by atomic mass is 16.5. The minimum Gasteiger partial charge on any atom is -0.497 e. The Balaban J connectivity index is 2.14. The number of hydrogen-bond donors (Lipinski definition) is 2. The van der Waals surface area contributed by atoms with Crippen LogP contribution in [0, 0.1) is 11.8 Å². The van der Waals surface area contributed by atoms with Gasteiger partial charge in [0.25, 0.3) is 0 Å². The van der Waals surface area contributed by atoms with Gasteiger partial charge in [0, 0.05) is 5.56 Å². The van der Waals surface area contributed by atoms with Crippen LogP contribution < -0.4 is 14.8 Å². The molecule has 132 valence electrons. The van der Waals surface area contributed by atoms with Gasteiger partial charge in [-0.1, -0.05) is 12.8 Å². The van der Waals surface area contributed by atoms with Crippen LogP contribution in [0.3, 0.4) is 0 Å². The summed E-state index contributed by atoms with van der Waals surface area (Å²) in [4.78, 5) is 24.0. The Morgan fingerprint density at radius 1 is 1.17 bits per heavy atom. The van der Waals surface area contributed by atoms with E-state index < -0.39 is 17.8 Å². The normalized spacial score (nSPS) is 21.6. The van der Waals surface area contributed by atoms with Gasteiger partial charge in [-0.2, -0.15) is 0 Å². The summed E-state index contributed by atoms with van der Waals surface area (Å²) in [6, 6.07) is 5.09. The van der Waals surface area contributed by atoms with E-state index in [0.29, 0.717) is 24.3 Å². The lowest BCUT2D eigenvalue weighted by Crippen LogP contribution is -2.40. The second-order valence-corrected chi connectivity index (χ2v) is 6.17.